The molecule has 2 aromatic rings. The molecule has 160 valence electrons. The van der Waals surface area contributed by atoms with E-state index >= 15 is 0 Å². The average Bonchev–Trinajstić information content (AvgIpc) is 2.79. The van der Waals surface area contributed by atoms with Crippen LogP contribution in [0.5, 0.6) is 23.0 Å². The third-order valence-corrected chi connectivity index (χ3v) is 4.44. The van der Waals surface area contributed by atoms with Crippen molar-refractivity contribution in [3.05, 3.63) is 58.7 Å². The van der Waals surface area contributed by atoms with E-state index in [-0.39, 0.29) is 19.0 Å². The molecule has 0 spiro atoms. The Balaban J connectivity index is 2.23. The van der Waals surface area contributed by atoms with Gasteiger partial charge in [0, 0.05) is 5.56 Å². The first kappa shape index (κ1) is 23.0. The van der Waals surface area contributed by atoms with Crippen LogP contribution in [0.15, 0.2) is 36.4 Å². The molecular formula is C23H26O7. The molecule has 0 heterocycles. The van der Waals surface area contributed by atoms with Gasteiger partial charge in [0.2, 0.25) is 5.75 Å². The Kier molecular flexibility index (Phi) is 8.46. The van der Waals surface area contributed by atoms with E-state index in [1.54, 1.807) is 36.4 Å². The Morgan fingerprint density at radius 1 is 0.767 bits per heavy atom. The van der Waals surface area contributed by atoms with E-state index in [1.165, 1.54) is 40.6 Å². The SMILES string of the molecule is COc1cc(/C=C/C(=O)/C=C/c2cc(OC)c(OC)c(OC)c2)cc(CO)c1CO. The molecule has 0 aliphatic heterocycles. The number of aliphatic hydroxyl groups excluding tert-OH is 2. The lowest BCUT2D eigenvalue weighted by Gasteiger charge is -2.12. The number of ether oxygens (including phenoxy) is 4. The van der Waals surface area contributed by atoms with E-state index in [2.05, 4.69) is 0 Å². The molecule has 0 bridgehead atoms. The minimum atomic E-state index is -0.250. The molecule has 0 atom stereocenters. The maximum Gasteiger partial charge on any atom is 0.203 e. The van der Waals surface area contributed by atoms with E-state index in [9.17, 15) is 15.0 Å². The Bertz CT molecular complexity index is 819. The summed E-state index contributed by atoms with van der Waals surface area (Å²) >= 11 is 0. The van der Waals surface area contributed by atoms with Gasteiger partial charge in [0.1, 0.15) is 5.75 Å². The first-order chi connectivity index (χ1) is 14.5. The van der Waals surface area contributed by atoms with Gasteiger partial charge in [-0.25, -0.2) is 0 Å². The van der Waals surface area contributed by atoms with E-state index in [0.29, 0.717) is 45.3 Å². The maximum absolute atomic E-state index is 12.3. The van der Waals surface area contributed by atoms with Crippen LogP contribution in [0, 0.1) is 0 Å². The molecule has 30 heavy (non-hydrogen) atoms. The van der Waals surface area contributed by atoms with Gasteiger partial charge in [0.15, 0.2) is 17.3 Å². The van der Waals surface area contributed by atoms with E-state index in [4.69, 9.17) is 18.9 Å². The predicted molar refractivity (Wildman–Crippen MR) is 114 cm³/mol. The highest BCUT2D eigenvalue weighted by molar-refractivity contribution is 6.04. The molecule has 0 aliphatic carbocycles. The molecule has 2 rings (SSSR count). The van der Waals surface area contributed by atoms with Crippen molar-refractivity contribution in [1.29, 1.82) is 0 Å². The summed E-state index contributed by atoms with van der Waals surface area (Å²) in [6, 6.07) is 6.86. The summed E-state index contributed by atoms with van der Waals surface area (Å²) < 4.78 is 21.2. The number of carbonyl (C=O) groups is 1. The molecule has 2 N–H and O–H groups in total. The zero-order valence-corrected chi connectivity index (χ0v) is 17.5. The standard InChI is InChI=1S/C23H26O7/c1-27-20-10-15(9-17(13-24)19(20)14-25)5-7-18(26)8-6-16-11-21(28-2)23(30-4)22(12-16)29-3/h5-12,24-25H,13-14H2,1-4H3/b7-5+,8-6+. The molecule has 0 amide bonds. The Hall–Kier alpha value is -3.29. The normalized spacial score (nSPS) is 11.1. The number of ketones is 1. The molecule has 2 aromatic carbocycles. The fourth-order valence-electron chi connectivity index (χ4n) is 2.94. The lowest BCUT2D eigenvalue weighted by molar-refractivity contribution is -0.110. The van der Waals surface area contributed by atoms with Crippen LogP contribution in [0.1, 0.15) is 22.3 Å². The zero-order valence-electron chi connectivity index (χ0n) is 17.5. The fraction of sp³-hybridized carbons (Fsp3) is 0.261. The third-order valence-electron chi connectivity index (χ3n) is 4.44. The molecule has 0 aliphatic rings. The van der Waals surface area contributed by atoms with Gasteiger partial charge in [0.05, 0.1) is 41.7 Å². The lowest BCUT2D eigenvalue weighted by atomic mass is 10.0. The third kappa shape index (κ3) is 5.40. The van der Waals surface area contributed by atoms with Gasteiger partial charge in [-0.1, -0.05) is 12.2 Å². The monoisotopic (exact) mass is 414 g/mol. The van der Waals surface area contributed by atoms with Crippen molar-refractivity contribution in [1.82, 2.24) is 0 Å². The summed E-state index contributed by atoms with van der Waals surface area (Å²) in [6.07, 6.45) is 6.09. The van der Waals surface area contributed by atoms with Gasteiger partial charge in [-0.3, -0.25) is 4.79 Å². The first-order valence-electron chi connectivity index (χ1n) is 9.12. The second-order valence-electron chi connectivity index (χ2n) is 6.20. The number of hydrogen-bond donors (Lipinski definition) is 2. The van der Waals surface area contributed by atoms with Crippen LogP contribution in [0.2, 0.25) is 0 Å². The minimum absolute atomic E-state index is 0.237. The predicted octanol–water partition coefficient (Wildman–Crippen LogP) is 3.00. The van der Waals surface area contributed by atoms with Gasteiger partial charge in [0.25, 0.3) is 0 Å². The van der Waals surface area contributed by atoms with Crippen LogP contribution >= 0.6 is 0 Å². The highest BCUT2D eigenvalue weighted by Crippen LogP contribution is 2.38. The molecule has 7 heteroatoms. The van der Waals surface area contributed by atoms with E-state index in [0.717, 1.165) is 0 Å². The molecule has 0 saturated heterocycles. The first-order valence-corrected chi connectivity index (χ1v) is 9.12. The fourth-order valence-corrected chi connectivity index (χ4v) is 2.94. The Morgan fingerprint density at radius 3 is 1.70 bits per heavy atom. The number of rotatable bonds is 10. The van der Waals surface area contributed by atoms with Crippen molar-refractivity contribution < 1.29 is 34.0 Å². The quantitative estimate of drug-likeness (QED) is 0.577. The number of aliphatic hydroxyl groups is 2. The summed E-state index contributed by atoms with van der Waals surface area (Å²) in [5.74, 6) is 1.67. The van der Waals surface area contributed by atoms with Gasteiger partial charge in [-0.15, -0.1) is 0 Å². The van der Waals surface area contributed by atoms with Crippen LogP contribution in [0.4, 0.5) is 0 Å². The summed E-state index contributed by atoms with van der Waals surface area (Å²) in [6.45, 7) is -0.498. The second kappa shape index (κ2) is 11.0. The highest BCUT2D eigenvalue weighted by atomic mass is 16.5. The van der Waals surface area contributed by atoms with Crippen LogP contribution < -0.4 is 18.9 Å². The zero-order chi connectivity index (χ0) is 22.1. The van der Waals surface area contributed by atoms with Gasteiger partial charge < -0.3 is 29.2 Å². The maximum atomic E-state index is 12.3. The molecule has 0 unspecified atom stereocenters. The highest BCUT2D eigenvalue weighted by Gasteiger charge is 2.12. The Labute approximate surface area is 175 Å². The van der Waals surface area contributed by atoms with Crippen LogP contribution in [-0.2, 0) is 18.0 Å². The number of hydrogen-bond acceptors (Lipinski definition) is 7. The van der Waals surface area contributed by atoms with Crippen molar-refractivity contribution in [3.63, 3.8) is 0 Å². The molecule has 0 radical (unpaired) electrons. The van der Waals surface area contributed by atoms with Crippen molar-refractivity contribution in [2.45, 2.75) is 13.2 Å². The summed E-state index contributed by atoms with van der Waals surface area (Å²) in [5, 5.41) is 19.0. The topological polar surface area (TPSA) is 94.5 Å². The lowest BCUT2D eigenvalue weighted by Crippen LogP contribution is -1.99. The summed E-state index contributed by atoms with van der Waals surface area (Å²) in [5.41, 5.74) is 2.44. The molecule has 0 fully saturated rings. The second-order valence-corrected chi connectivity index (χ2v) is 6.20. The number of carbonyl (C=O) groups excluding carboxylic acids is 1. The minimum Gasteiger partial charge on any atom is -0.496 e. The average molecular weight is 414 g/mol. The molecular weight excluding hydrogens is 388 g/mol. The molecule has 7 nitrogen and oxygen atoms in total. The van der Waals surface area contributed by atoms with E-state index in [1.807, 2.05) is 0 Å². The van der Waals surface area contributed by atoms with Gasteiger partial charge in [-0.2, -0.15) is 0 Å². The van der Waals surface area contributed by atoms with E-state index < -0.39 is 0 Å². The summed E-state index contributed by atoms with van der Waals surface area (Å²) in [7, 11) is 6.05. The van der Waals surface area contributed by atoms with Gasteiger partial charge in [-0.05, 0) is 53.1 Å². The number of allylic oxidation sites excluding steroid dienone is 2. The number of methoxy groups -OCH3 is 4. The van der Waals surface area contributed by atoms with Crippen molar-refractivity contribution in [2.75, 3.05) is 28.4 Å². The smallest absolute Gasteiger partial charge is 0.203 e. The van der Waals surface area contributed by atoms with Gasteiger partial charge >= 0.3 is 0 Å². The molecule has 0 saturated carbocycles. The van der Waals surface area contributed by atoms with Crippen LogP contribution in [0.3, 0.4) is 0 Å². The largest absolute Gasteiger partial charge is 0.496 e. The van der Waals surface area contributed by atoms with Crippen molar-refractivity contribution >= 4 is 17.9 Å². The van der Waals surface area contributed by atoms with Crippen LogP contribution in [0.25, 0.3) is 12.2 Å². The van der Waals surface area contributed by atoms with Crippen LogP contribution in [-0.4, -0.2) is 44.4 Å². The Morgan fingerprint density at radius 2 is 1.27 bits per heavy atom. The summed E-state index contributed by atoms with van der Waals surface area (Å²) in [4.78, 5) is 12.3. The molecule has 0 aromatic heterocycles. The number of benzene rings is 2. The van der Waals surface area contributed by atoms with Crippen molar-refractivity contribution in [3.8, 4) is 23.0 Å². The van der Waals surface area contributed by atoms with Crippen molar-refractivity contribution in [2.24, 2.45) is 0 Å².